The summed E-state index contributed by atoms with van der Waals surface area (Å²) < 4.78 is 45.6. The summed E-state index contributed by atoms with van der Waals surface area (Å²) in [6.07, 6.45) is -3.06. The van der Waals surface area contributed by atoms with Gasteiger partial charge in [0.2, 0.25) is 0 Å². The topological polar surface area (TPSA) is 59.4 Å². The van der Waals surface area contributed by atoms with E-state index in [9.17, 15) is 18.0 Å². The van der Waals surface area contributed by atoms with Crippen LogP contribution in [0.3, 0.4) is 0 Å². The fourth-order valence-electron chi connectivity index (χ4n) is 3.38. The number of carbonyl (C=O) groups is 1. The first-order valence-corrected chi connectivity index (χ1v) is 9.43. The second-order valence-corrected chi connectivity index (χ2v) is 7.70. The molecule has 0 unspecified atom stereocenters. The van der Waals surface area contributed by atoms with Crippen LogP contribution in [0.5, 0.6) is 0 Å². The number of benzene rings is 1. The molecule has 0 atom stereocenters. The van der Waals surface area contributed by atoms with E-state index in [0.29, 0.717) is 31.0 Å². The summed E-state index contributed by atoms with van der Waals surface area (Å²) in [5, 5.41) is 7.05. The fraction of sp³-hybridized carbons (Fsp3) is 0.500. The summed E-state index contributed by atoms with van der Waals surface area (Å²) in [7, 11) is 0. The largest absolute Gasteiger partial charge is 0.416 e. The van der Waals surface area contributed by atoms with Crippen LogP contribution in [0.1, 0.15) is 35.5 Å². The molecule has 2 aromatic rings. The third-order valence-corrected chi connectivity index (χ3v) is 5.22. The van der Waals surface area contributed by atoms with Crippen molar-refractivity contribution in [1.29, 1.82) is 0 Å². The Morgan fingerprint density at radius 1 is 1.24 bits per heavy atom. The second-order valence-electron chi connectivity index (χ2n) is 7.70. The number of aromatic nitrogens is 2. The van der Waals surface area contributed by atoms with Crippen molar-refractivity contribution in [3.8, 4) is 5.69 Å². The molecule has 0 spiro atoms. The Morgan fingerprint density at radius 3 is 2.59 bits per heavy atom. The average Bonchev–Trinajstić information content (AvgIpc) is 3.08. The van der Waals surface area contributed by atoms with Crippen LogP contribution < -0.4 is 5.32 Å². The van der Waals surface area contributed by atoms with Gasteiger partial charge in [-0.1, -0.05) is 6.07 Å². The highest BCUT2D eigenvalue weighted by Crippen LogP contribution is 2.30. The molecule has 6 nitrogen and oxygen atoms in total. The van der Waals surface area contributed by atoms with Crippen molar-refractivity contribution in [2.45, 2.75) is 32.5 Å². The number of alkyl halides is 3. The minimum absolute atomic E-state index is 0.246. The van der Waals surface area contributed by atoms with E-state index >= 15 is 0 Å². The number of morpholine rings is 1. The molecule has 1 aromatic heterocycles. The van der Waals surface area contributed by atoms with Crippen molar-refractivity contribution >= 4 is 5.91 Å². The molecule has 0 saturated carbocycles. The molecular weight excluding hydrogens is 385 g/mol. The zero-order valence-corrected chi connectivity index (χ0v) is 16.7. The molecule has 1 N–H and O–H groups in total. The Hall–Kier alpha value is -2.39. The van der Waals surface area contributed by atoms with Crippen LogP contribution in [-0.4, -0.2) is 59.0 Å². The number of amides is 1. The van der Waals surface area contributed by atoms with Gasteiger partial charge in [0.15, 0.2) is 0 Å². The molecule has 158 valence electrons. The first-order chi connectivity index (χ1) is 13.6. The number of hydrogen-bond acceptors (Lipinski definition) is 4. The van der Waals surface area contributed by atoms with E-state index in [-0.39, 0.29) is 17.1 Å². The van der Waals surface area contributed by atoms with Crippen LogP contribution in [0.4, 0.5) is 13.2 Å². The van der Waals surface area contributed by atoms with Crippen molar-refractivity contribution < 1.29 is 22.7 Å². The molecule has 0 bridgehead atoms. The van der Waals surface area contributed by atoms with E-state index in [2.05, 4.69) is 29.2 Å². The van der Waals surface area contributed by atoms with Crippen LogP contribution in [0, 0.1) is 6.92 Å². The van der Waals surface area contributed by atoms with Gasteiger partial charge in [-0.05, 0) is 39.0 Å². The minimum Gasteiger partial charge on any atom is -0.379 e. The molecule has 1 aromatic carbocycles. The Balaban J connectivity index is 1.73. The fourth-order valence-corrected chi connectivity index (χ4v) is 3.38. The third kappa shape index (κ3) is 4.79. The Morgan fingerprint density at radius 2 is 1.93 bits per heavy atom. The van der Waals surface area contributed by atoms with Crippen LogP contribution in [0.15, 0.2) is 30.5 Å². The molecule has 0 radical (unpaired) electrons. The van der Waals surface area contributed by atoms with E-state index in [1.54, 1.807) is 6.92 Å². The molecular formula is C20H25F3N4O2. The summed E-state index contributed by atoms with van der Waals surface area (Å²) in [6.45, 7) is 9.13. The van der Waals surface area contributed by atoms with Gasteiger partial charge < -0.3 is 10.1 Å². The van der Waals surface area contributed by atoms with E-state index < -0.39 is 11.7 Å². The maximum absolute atomic E-state index is 13.0. The molecule has 1 aliphatic heterocycles. The SMILES string of the molecule is Cc1c(C(=O)NCC(C)(C)N2CCOCC2)cnn1-c1cccc(C(F)(F)F)c1. The van der Waals surface area contributed by atoms with E-state index in [0.717, 1.165) is 25.2 Å². The summed E-state index contributed by atoms with van der Waals surface area (Å²) in [4.78, 5) is 14.9. The highest BCUT2D eigenvalue weighted by molar-refractivity contribution is 5.95. The average molecular weight is 410 g/mol. The number of rotatable bonds is 5. The zero-order chi connectivity index (χ0) is 21.2. The van der Waals surface area contributed by atoms with Gasteiger partial charge in [0.25, 0.3) is 5.91 Å². The van der Waals surface area contributed by atoms with Gasteiger partial charge in [0.05, 0.1) is 41.9 Å². The van der Waals surface area contributed by atoms with E-state index in [1.165, 1.54) is 23.0 Å². The monoisotopic (exact) mass is 410 g/mol. The predicted octanol–water partition coefficient (Wildman–Crippen LogP) is 3.04. The molecule has 3 rings (SSSR count). The molecule has 2 heterocycles. The summed E-state index contributed by atoms with van der Waals surface area (Å²) >= 11 is 0. The Labute approximate surface area is 167 Å². The molecule has 1 fully saturated rings. The molecule has 1 saturated heterocycles. The van der Waals surface area contributed by atoms with E-state index in [1.807, 2.05) is 0 Å². The third-order valence-electron chi connectivity index (χ3n) is 5.22. The standard InChI is InChI=1S/C20H25F3N4O2/c1-14-17(18(28)24-13-19(2,3)26-7-9-29-10-8-26)12-25-27(14)16-6-4-5-15(11-16)20(21,22)23/h4-6,11-12H,7-10,13H2,1-3H3,(H,24,28). The quantitative estimate of drug-likeness (QED) is 0.823. The smallest absolute Gasteiger partial charge is 0.379 e. The van der Waals surface area contributed by atoms with Gasteiger partial charge in [-0.2, -0.15) is 18.3 Å². The minimum atomic E-state index is -4.44. The summed E-state index contributed by atoms with van der Waals surface area (Å²) in [5.74, 6) is -0.304. The Kier molecular flexibility index (Phi) is 6.00. The molecule has 1 amide bonds. The first kappa shape index (κ1) is 21.3. The molecule has 9 heteroatoms. The van der Waals surface area contributed by atoms with Crippen LogP contribution in [0.2, 0.25) is 0 Å². The molecule has 1 aliphatic rings. The zero-order valence-electron chi connectivity index (χ0n) is 16.7. The lowest BCUT2D eigenvalue weighted by Gasteiger charge is -2.40. The highest BCUT2D eigenvalue weighted by Gasteiger charge is 2.31. The molecule has 0 aliphatic carbocycles. The number of halogens is 3. The maximum atomic E-state index is 13.0. The highest BCUT2D eigenvalue weighted by atomic mass is 19.4. The number of nitrogens with one attached hydrogen (secondary N) is 1. The van der Waals surface area contributed by atoms with Crippen molar-refractivity contribution in [2.75, 3.05) is 32.8 Å². The van der Waals surface area contributed by atoms with Gasteiger partial charge in [-0.25, -0.2) is 4.68 Å². The van der Waals surface area contributed by atoms with Gasteiger partial charge in [0, 0.05) is 25.2 Å². The van der Waals surface area contributed by atoms with Gasteiger partial charge in [-0.15, -0.1) is 0 Å². The maximum Gasteiger partial charge on any atom is 0.416 e. The number of ether oxygens (including phenoxy) is 1. The lowest BCUT2D eigenvalue weighted by atomic mass is 10.0. The Bertz CT molecular complexity index is 871. The van der Waals surface area contributed by atoms with Gasteiger partial charge >= 0.3 is 6.18 Å². The molecule has 29 heavy (non-hydrogen) atoms. The summed E-state index contributed by atoms with van der Waals surface area (Å²) in [6, 6.07) is 4.87. The van der Waals surface area contributed by atoms with Gasteiger partial charge in [0.1, 0.15) is 0 Å². The number of carbonyl (C=O) groups excluding carboxylic acids is 1. The number of hydrogen-bond donors (Lipinski definition) is 1. The second kappa shape index (κ2) is 8.16. The van der Waals surface area contributed by atoms with Crippen LogP contribution in [-0.2, 0) is 10.9 Å². The summed E-state index contributed by atoms with van der Waals surface area (Å²) in [5.41, 5.74) is 0.0593. The first-order valence-electron chi connectivity index (χ1n) is 9.43. The lowest BCUT2D eigenvalue weighted by Crippen LogP contribution is -2.55. The number of nitrogens with zero attached hydrogens (tertiary/aromatic N) is 3. The van der Waals surface area contributed by atoms with E-state index in [4.69, 9.17) is 4.74 Å². The van der Waals surface area contributed by atoms with Crippen molar-refractivity contribution in [1.82, 2.24) is 20.0 Å². The van der Waals surface area contributed by atoms with Gasteiger partial charge in [-0.3, -0.25) is 9.69 Å². The van der Waals surface area contributed by atoms with Crippen LogP contribution >= 0.6 is 0 Å². The van der Waals surface area contributed by atoms with Crippen LogP contribution in [0.25, 0.3) is 5.69 Å². The lowest BCUT2D eigenvalue weighted by molar-refractivity contribution is -0.137. The van der Waals surface area contributed by atoms with Crippen molar-refractivity contribution in [3.63, 3.8) is 0 Å². The predicted molar refractivity (Wildman–Crippen MR) is 102 cm³/mol. The van der Waals surface area contributed by atoms with Crippen molar-refractivity contribution in [3.05, 3.63) is 47.3 Å². The normalized spacial score (nSPS) is 16.1. The van der Waals surface area contributed by atoms with Crippen molar-refractivity contribution in [2.24, 2.45) is 0 Å².